The number of hydrogen-bond donors (Lipinski definition) is 2. The van der Waals surface area contributed by atoms with Crippen LogP contribution >= 0.6 is 23.2 Å². The SMILES string of the molecule is CCc1ccc(NC(=O)C(=O)Nc2cc(Cl)ccc2Cl)cc1. The summed E-state index contributed by atoms with van der Waals surface area (Å²) in [4.78, 5) is 23.7. The smallest absolute Gasteiger partial charge is 0.314 e. The molecule has 0 aliphatic carbocycles. The number of hydrogen-bond acceptors (Lipinski definition) is 2. The lowest BCUT2D eigenvalue weighted by molar-refractivity contribution is -0.132. The van der Waals surface area contributed by atoms with Crippen LogP contribution in [0.25, 0.3) is 0 Å². The topological polar surface area (TPSA) is 58.2 Å². The van der Waals surface area contributed by atoms with Crippen molar-refractivity contribution in [1.82, 2.24) is 0 Å². The van der Waals surface area contributed by atoms with Crippen LogP contribution < -0.4 is 10.6 Å². The zero-order valence-electron chi connectivity index (χ0n) is 11.8. The van der Waals surface area contributed by atoms with Gasteiger partial charge in [-0.15, -0.1) is 0 Å². The molecule has 0 unspecified atom stereocenters. The highest BCUT2D eigenvalue weighted by Gasteiger charge is 2.15. The fourth-order valence-electron chi connectivity index (χ4n) is 1.78. The molecule has 0 saturated carbocycles. The summed E-state index contributed by atoms with van der Waals surface area (Å²) in [6.45, 7) is 2.04. The summed E-state index contributed by atoms with van der Waals surface area (Å²) < 4.78 is 0. The molecule has 2 amide bonds. The van der Waals surface area contributed by atoms with Gasteiger partial charge < -0.3 is 10.6 Å². The second-order valence-electron chi connectivity index (χ2n) is 4.58. The Hall–Kier alpha value is -2.04. The molecule has 0 saturated heterocycles. The highest BCUT2D eigenvalue weighted by molar-refractivity contribution is 6.45. The molecule has 0 aromatic heterocycles. The second kappa shape index (κ2) is 7.29. The molecule has 0 fully saturated rings. The minimum Gasteiger partial charge on any atom is -0.318 e. The van der Waals surface area contributed by atoms with E-state index in [1.165, 1.54) is 6.07 Å². The molecule has 0 aliphatic rings. The Labute approximate surface area is 138 Å². The summed E-state index contributed by atoms with van der Waals surface area (Å²) in [6.07, 6.45) is 0.905. The van der Waals surface area contributed by atoms with E-state index >= 15 is 0 Å². The van der Waals surface area contributed by atoms with Crippen LogP contribution in [0.3, 0.4) is 0 Å². The number of rotatable bonds is 3. The van der Waals surface area contributed by atoms with Gasteiger partial charge in [0.05, 0.1) is 10.7 Å². The lowest BCUT2D eigenvalue weighted by atomic mass is 10.1. The average molecular weight is 337 g/mol. The van der Waals surface area contributed by atoms with Crippen LogP contribution in [0.15, 0.2) is 42.5 Å². The predicted molar refractivity (Wildman–Crippen MR) is 89.5 cm³/mol. The van der Waals surface area contributed by atoms with E-state index in [0.29, 0.717) is 15.7 Å². The monoisotopic (exact) mass is 336 g/mol. The first kappa shape index (κ1) is 16.3. The third kappa shape index (κ3) is 4.23. The molecule has 2 aromatic carbocycles. The summed E-state index contributed by atoms with van der Waals surface area (Å²) in [5.41, 5.74) is 1.98. The van der Waals surface area contributed by atoms with Gasteiger partial charge in [0.2, 0.25) is 0 Å². The van der Waals surface area contributed by atoms with Crippen molar-refractivity contribution in [3.63, 3.8) is 0 Å². The molecule has 2 aromatic rings. The minimum absolute atomic E-state index is 0.288. The minimum atomic E-state index is -0.816. The van der Waals surface area contributed by atoms with Crippen molar-refractivity contribution in [2.45, 2.75) is 13.3 Å². The first-order valence-electron chi connectivity index (χ1n) is 6.66. The van der Waals surface area contributed by atoms with E-state index in [9.17, 15) is 9.59 Å². The largest absolute Gasteiger partial charge is 0.318 e. The highest BCUT2D eigenvalue weighted by Crippen LogP contribution is 2.25. The van der Waals surface area contributed by atoms with E-state index in [-0.39, 0.29) is 5.69 Å². The molecule has 0 aliphatic heterocycles. The molecule has 6 heteroatoms. The number of halogens is 2. The van der Waals surface area contributed by atoms with Crippen molar-refractivity contribution in [3.8, 4) is 0 Å². The number of nitrogens with one attached hydrogen (secondary N) is 2. The Morgan fingerprint density at radius 3 is 2.23 bits per heavy atom. The third-order valence-corrected chi connectivity index (χ3v) is 3.57. The summed E-state index contributed by atoms with van der Waals surface area (Å²) in [7, 11) is 0. The first-order valence-corrected chi connectivity index (χ1v) is 7.41. The van der Waals surface area contributed by atoms with Gasteiger partial charge in [0.15, 0.2) is 0 Å². The molecule has 0 atom stereocenters. The lowest BCUT2D eigenvalue weighted by Gasteiger charge is -2.08. The molecule has 0 radical (unpaired) electrons. The van der Waals surface area contributed by atoms with Gasteiger partial charge in [-0.25, -0.2) is 0 Å². The fraction of sp³-hybridized carbons (Fsp3) is 0.125. The van der Waals surface area contributed by atoms with Gasteiger partial charge in [-0.2, -0.15) is 0 Å². The standard InChI is InChI=1S/C16H14Cl2N2O2/c1-2-10-3-6-12(7-4-10)19-15(21)16(22)20-14-9-11(17)5-8-13(14)18/h3-9H,2H2,1H3,(H,19,21)(H,20,22). The number of amides is 2. The third-order valence-electron chi connectivity index (χ3n) is 3.00. The van der Waals surface area contributed by atoms with Gasteiger partial charge in [-0.3, -0.25) is 9.59 Å². The van der Waals surface area contributed by atoms with Crippen molar-refractivity contribution in [3.05, 3.63) is 58.1 Å². The number of benzene rings is 2. The van der Waals surface area contributed by atoms with Crippen LogP contribution in [-0.2, 0) is 16.0 Å². The number of carbonyl (C=O) groups is 2. The Morgan fingerprint density at radius 2 is 1.59 bits per heavy atom. The summed E-state index contributed by atoms with van der Waals surface area (Å²) >= 11 is 11.8. The maximum atomic E-state index is 11.9. The average Bonchev–Trinajstić information content (AvgIpc) is 2.51. The van der Waals surface area contributed by atoms with Gasteiger partial charge in [0.25, 0.3) is 0 Å². The van der Waals surface area contributed by atoms with Crippen molar-refractivity contribution in [2.75, 3.05) is 10.6 Å². The van der Waals surface area contributed by atoms with Crippen LogP contribution in [0.2, 0.25) is 10.0 Å². The Kier molecular flexibility index (Phi) is 5.41. The second-order valence-corrected chi connectivity index (χ2v) is 5.43. The highest BCUT2D eigenvalue weighted by atomic mass is 35.5. The van der Waals surface area contributed by atoms with Crippen LogP contribution in [0, 0.1) is 0 Å². The molecular weight excluding hydrogens is 323 g/mol. The normalized spacial score (nSPS) is 10.1. The van der Waals surface area contributed by atoms with E-state index in [1.807, 2.05) is 19.1 Å². The van der Waals surface area contributed by atoms with E-state index in [4.69, 9.17) is 23.2 Å². The van der Waals surface area contributed by atoms with Gasteiger partial charge in [-0.1, -0.05) is 42.3 Å². The summed E-state index contributed by atoms with van der Waals surface area (Å²) in [5.74, 6) is -1.59. The molecule has 0 spiro atoms. The van der Waals surface area contributed by atoms with Crippen LogP contribution in [0.1, 0.15) is 12.5 Å². The van der Waals surface area contributed by atoms with Crippen molar-refractivity contribution >= 4 is 46.4 Å². The van der Waals surface area contributed by atoms with E-state index in [2.05, 4.69) is 10.6 Å². The zero-order chi connectivity index (χ0) is 16.1. The van der Waals surface area contributed by atoms with Crippen LogP contribution in [0.4, 0.5) is 11.4 Å². The number of carbonyl (C=O) groups excluding carboxylic acids is 2. The van der Waals surface area contributed by atoms with Crippen LogP contribution in [-0.4, -0.2) is 11.8 Å². The lowest BCUT2D eigenvalue weighted by Crippen LogP contribution is -2.29. The molecule has 22 heavy (non-hydrogen) atoms. The molecule has 2 rings (SSSR count). The Balaban J connectivity index is 2.02. The summed E-state index contributed by atoms with van der Waals surface area (Å²) in [5, 5.41) is 5.66. The van der Waals surface area contributed by atoms with Crippen LogP contribution in [0.5, 0.6) is 0 Å². The Morgan fingerprint density at radius 1 is 0.955 bits per heavy atom. The van der Waals surface area contributed by atoms with Gasteiger partial charge >= 0.3 is 11.8 Å². The summed E-state index contributed by atoms with van der Waals surface area (Å²) in [6, 6.07) is 11.9. The Bertz CT molecular complexity index is 700. The van der Waals surface area contributed by atoms with Crippen molar-refractivity contribution < 1.29 is 9.59 Å². The molecule has 2 N–H and O–H groups in total. The number of aryl methyl sites for hydroxylation is 1. The predicted octanol–water partition coefficient (Wildman–Crippen LogP) is 4.13. The quantitative estimate of drug-likeness (QED) is 0.828. The van der Waals surface area contributed by atoms with Gasteiger partial charge in [0, 0.05) is 10.7 Å². The molecular formula is C16H14Cl2N2O2. The molecule has 0 heterocycles. The molecule has 0 bridgehead atoms. The number of anilines is 2. The van der Waals surface area contributed by atoms with Crippen molar-refractivity contribution in [1.29, 1.82) is 0 Å². The van der Waals surface area contributed by atoms with Gasteiger partial charge in [-0.05, 0) is 42.3 Å². The van der Waals surface area contributed by atoms with Gasteiger partial charge in [0.1, 0.15) is 0 Å². The van der Waals surface area contributed by atoms with E-state index < -0.39 is 11.8 Å². The zero-order valence-corrected chi connectivity index (χ0v) is 13.3. The van der Waals surface area contributed by atoms with E-state index in [1.54, 1.807) is 24.3 Å². The first-order chi connectivity index (χ1) is 10.5. The van der Waals surface area contributed by atoms with Crippen molar-refractivity contribution in [2.24, 2.45) is 0 Å². The van der Waals surface area contributed by atoms with E-state index in [0.717, 1.165) is 12.0 Å². The molecule has 4 nitrogen and oxygen atoms in total. The molecule has 114 valence electrons. The maximum Gasteiger partial charge on any atom is 0.314 e. The fourth-order valence-corrected chi connectivity index (χ4v) is 2.12. The maximum absolute atomic E-state index is 11.9.